The molecule has 29 heavy (non-hydrogen) atoms. The third kappa shape index (κ3) is 3.87. The van der Waals surface area contributed by atoms with Gasteiger partial charge in [-0.05, 0) is 55.3 Å². The molecular formula is C21H21F3N4O. The summed E-state index contributed by atoms with van der Waals surface area (Å²) in [7, 11) is 0. The highest BCUT2D eigenvalue weighted by atomic mass is 19.4. The molecule has 5 nitrogen and oxygen atoms in total. The summed E-state index contributed by atoms with van der Waals surface area (Å²) in [6.07, 6.45) is -0.684. The minimum absolute atomic E-state index is 0.102. The van der Waals surface area contributed by atoms with Crippen LogP contribution in [0.2, 0.25) is 0 Å². The number of alkyl halides is 3. The molecule has 4 rings (SSSR count). The maximum Gasteiger partial charge on any atom is 0.416 e. The van der Waals surface area contributed by atoms with Gasteiger partial charge in [-0.2, -0.15) is 13.2 Å². The number of halogens is 3. The van der Waals surface area contributed by atoms with Gasteiger partial charge in [0.2, 0.25) is 0 Å². The second-order valence-electron chi connectivity index (χ2n) is 7.27. The van der Waals surface area contributed by atoms with Crippen LogP contribution in [-0.4, -0.2) is 30.0 Å². The number of aromatic nitrogens is 1. The molecule has 4 N–H and O–H groups in total. The molecule has 1 saturated heterocycles. The van der Waals surface area contributed by atoms with E-state index in [2.05, 4.69) is 15.2 Å². The fourth-order valence-corrected chi connectivity index (χ4v) is 3.93. The number of carbonyl (C=O) groups is 1. The molecule has 0 aliphatic carbocycles. The zero-order valence-electron chi connectivity index (χ0n) is 15.6. The number of H-pyrrole nitrogens is 1. The van der Waals surface area contributed by atoms with Crippen LogP contribution in [0.5, 0.6) is 0 Å². The Morgan fingerprint density at radius 1 is 1.14 bits per heavy atom. The van der Waals surface area contributed by atoms with E-state index in [4.69, 9.17) is 5.73 Å². The molecule has 1 atom stereocenters. The third-order valence-corrected chi connectivity index (χ3v) is 5.31. The highest BCUT2D eigenvalue weighted by Gasteiger charge is 2.30. The Bertz CT molecular complexity index is 1030. The van der Waals surface area contributed by atoms with E-state index < -0.39 is 17.6 Å². The number of amides is 1. The summed E-state index contributed by atoms with van der Waals surface area (Å²) < 4.78 is 38.2. The standard InChI is InChI=1S/C21H21F3N4O/c22-21(23,24)13-3-5-14(6-4-13)27-15-2-1-11-28(12-15)18-8-7-17(20(25)29)19-16(18)9-10-26-19/h3-10,15,26-27H,1-2,11-12H2,(H2,25,29)/t15-/m1/s1. The van der Waals surface area contributed by atoms with Gasteiger partial charge in [0.25, 0.3) is 5.91 Å². The van der Waals surface area contributed by atoms with Crippen molar-refractivity contribution >= 4 is 28.2 Å². The van der Waals surface area contributed by atoms with Gasteiger partial charge in [0.15, 0.2) is 0 Å². The Hall–Kier alpha value is -3.16. The van der Waals surface area contributed by atoms with Crippen LogP contribution in [0.1, 0.15) is 28.8 Å². The van der Waals surface area contributed by atoms with E-state index in [1.807, 2.05) is 12.1 Å². The summed E-state index contributed by atoms with van der Waals surface area (Å²) in [5, 5.41) is 4.27. The number of nitrogens with two attached hydrogens (primary N) is 1. The number of hydrogen-bond acceptors (Lipinski definition) is 3. The van der Waals surface area contributed by atoms with Crippen molar-refractivity contribution < 1.29 is 18.0 Å². The number of hydrogen-bond donors (Lipinski definition) is 3. The average molecular weight is 402 g/mol. The molecule has 2 aromatic carbocycles. The van der Waals surface area contributed by atoms with Crippen molar-refractivity contribution in [2.45, 2.75) is 25.1 Å². The predicted octanol–water partition coefficient (Wildman–Crippen LogP) is 4.37. The van der Waals surface area contributed by atoms with E-state index >= 15 is 0 Å². The van der Waals surface area contributed by atoms with Gasteiger partial charge in [-0.3, -0.25) is 4.79 Å². The molecule has 1 aliphatic heterocycles. The highest BCUT2D eigenvalue weighted by Crippen LogP contribution is 2.32. The number of piperidine rings is 1. The first-order valence-electron chi connectivity index (χ1n) is 9.41. The Morgan fingerprint density at radius 2 is 1.90 bits per heavy atom. The second kappa shape index (κ2) is 7.35. The molecule has 1 aliphatic rings. The van der Waals surface area contributed by atoms with Crippen LogP contribution in [0, 0.1) is 0 Å². The van der Waals surface area contributed by atoms with Crippen molar-refractivity contribution in [3.8, 4) is 0 Å². The lowest BCUT2D eigenvalue weighted by atomic mass is 10.0. The molecular weight excluding hydrogens is 381 g/mol. The van der Waals surface area contributed by atoms with Crippen LogP contribution in [0.4, 0.5) is 24.5 Å². The second-order valence-corrected chi connectivity index (χ2v) is 7.27. The Morgan fingerprint density at radius 3 is 2.59 bits per heavy atom. The van der Waals surface area contributed by atoms with Crippen molar-refractivity contribution in [2.75, 3.05) is 23.3 Å². The van der Waals surface area contributed by atoms with Gasteiger partial charge in [-0.1, -0.05) is 0 Å². The maximum absolute atomic E-state index is 12.7. The van der Waals surface area contributed by atoms with Gasteiger partial charge in [0, 0.05) is 42.1 Å². The number of nitrogens with one attached hydrogen (secondary N) is 2. The van der Waals surface area contributed by atoms with E-state index in [0.29, 0.717) is 23.3 Å². The maximum atomic E-state index is 12.7. The third-order valence-electron chi connectivity index (χ3n) is 5.31. The topological polar surface area (TPSA) is 74.2 Å². The molecule has 0 bridgehead atoms. The minimum atomic E-state index is -4.33. The monoisotopic (exact) mass is 402 g/mol. The van der Waals surface area contributed by atoms with Crippen LogP contribution in [0.3, 0.4) is 0 Å². The molecule has 3 aromatic rings. The minimum Gasteiger partial charge on any atom is -0.381 e. The Labute approximate surface area is 165 Å². The number of aromatic amines is 1. The molecule has 0 radical (unpaired) electrons. The summed E-state index contributed by atoms with van der Waals surface area (Å²) >= 11 is 0. The molecule has 0 saturated carbocycles. The molecule has 152 valence electrons. The number of nitrogens with zero attached hydrogens (tertiary/aromatic N) is 1. The Kier molecular flexibility index (Phi) is 4.86. The van der Waals surface area contributed by atoms with Gasteiger partial charge in [0.1, 0.15) is 0 Å². The predicted molar refractivity (Wildman–Crippen MR) is 107 cm³/mol. The zero-order chi connectivity index (χ0) is 20.6. The Balaban J connectivity index is 1.52. The van der Waals surface area contributed by atoms with E-state index in [1.54, 1.807) is 12.3 Å². The fraction of sp³-hybridized carbons (Fsp3) is 0.286. The number of primary amides is 1. The lowest BCUT2D eigenvalue weighted by Crippen LogP contribution is -2.42. The lowest BCUT2D eigenvalue weighted by molar-refractivity contribution is -0.137. The number of carbonyl (C=O) groups excluding carboxylic acids is 1. The van der Waals surface area contributed by atoms with Crippen molar-refractivity contribution in [3.05, 3.63) is 59.8 Å². The van der Waals surface area contributed by atoms with Crippen molar-refractivity contribution in [1.82, 2.24) is 4.98 Å². The van der Waals surface area contributed by atoms with Gasteiger partial charge >= 0.3 is 6.18 Å². The van der Waals surface area contributed by atoms with Crippen molar-refractivity contribution in [3.63, 3.8) is 0 Å². The summed E-state index contributed by atoms with van der Waals surface area (Å²) in [5.74, 6) is -0.482. The molecule has 8 heteroatoms. The molecule has 2 heterocycles. The number of fused-ring (bicyclic) bond motifs is 1. The summed E-state index contributed by atoms with van der Waals surface area (Å²) in [4.78, 5) is 17.0. The smallest absolute Gasteiger partial charge is 0.381 e. The molecule has 1 aromatic heterocycles. The average Bonchev–Trinajstić information content (AvgIpc) is 3.17. The van der Waals surface area contributed by atoms with E-state index in [-0.39, 0.29) is 6.04 Å². The molecule has 1 amide bonds. The fourth-order valence-electron chi connectivity index (χ4n) is 3.93. The largest absolute Gasteiger partial charge is 0.416 e. The number of anilines is 2. The van der Waals surface area contributed by atoms with Gasteiger partial charge in [-0.15, -0.1) is 0 Å². The van der Waals surface area contributed by atoms with E-state index in [0.717, 1.165) is 42.6 Å². The molecule has 1 fully saturated rings. The quantitative estimate of drug-likeness (QED) is 0.607. The number of rotatable bonds is 4. The summed E-state index contributed by atoms with van der Waals surface area (Å²) in [5.41, 5.74) is 7.64. The number of benzene rings is 2. The van der Waals surface area contributed by atoms with Crippen LogP contribution in [0.25, 0.3) is 10.9 Å². The first-order valence-corrected chi connectivity index (χ1v) is 9.41. The van der Waals surface area contributed by atoms with E-state index in [1.165, 1.54) is 12.1 Å². The van der Waals surface area contributed by atoms with Crippen molar-refractivity contribution in [2.24, 2.45) is 5.73 Å². The van der Waals surface area contributed by atoms with Crippen molar-refractivity contribution in [1.29, 1.82) is 0 Å². The summed E-state index contributed by atoms with van der Waals surface area (Å²) in [6.45, 7) is 1.57. The highest BCUT2D eigenvalue weighted by molar-refractivity contribution is 6.08. The van der Waals surface area contributed by atoms with Gasteiger partial charge < -0.3 is 20.9 Å². The molecule has 0 spiro atoms. The van der Waals surface area contributed by atoms with Crippen LogP contribution in [0.15, 0.2) is 48.7 Å². The van der Waals surface area contributed by atoms with Crippen LogP contribution < -0.4 is 16.0 Å². The SMILES string of the molecule is NC(=O)c1ccc(N2CCC[C@@H](Nc3ccc(C(F)(F)F)cc3)C2)c2cc[nH]c12. The van der Waals surface area contributed by atoms with Crippen LogP contribution in [-0.2, 0) is 6.18 Å². The normalized spacial score (nSPS) is 17.5. The zero-order valence-corrected chi connectivity index (χ0v) is 15.6. The first kappa shape index (κ1) is 19.2. The van der Waals surface area contributed by atoms with Gasteiger partial charge in [0.05, 0.1) is 16.6 Å². The molecule has 0 unspecified atom stereocenters. The lowest BCUT2D eigenvalue weighted by Gasteiger charge is -2.35. The van der Waals surface area contributed by atoms with Crippen LogP contribution >= 0.6 is 0 Å². The first-order chi connectivity index (χ1) is 13.8. The summed E-state index contributed by atoms with van der Waals surface area (Å²) in [6, 6.07) is 10.8. The van der Waals surface area contributed by atoms with E-state index in [9.17, 15) is 18.0 Å². The van der Waals surface area contributed by atoms with Gasteiger partial charge in [-0.25, -0.2) is 0 Å².